The molecule has 0 aliphatic heterocycles. The molecule has 4 nitrogen and oxygen atoms in total. The molecule has 1 aromatic carbocycles. The van der Waals surface area contributed by atoms with Gasteiger partial charge in [0.05, 0.1) is 0 Å². The molecule has 0 aromatic heterocycles. The summed E-state index contributed by atoms with van der Waals surface area (Å²) in [5.74, 6) is -3.07. The molecule has 0 saturated heterocycles. The normalized spacial score (nSPS) is 12.0. The predicted molar refractivity (Wildman–Crippen MR) is 75.6 cm³/mol. The molecule has 0 spiro atoms. The number of halogens is 2. The van der Waals surface area contributed by atoms with Crippen molar-refractivity contribution < 1.29 is 18.4 Å². The first-order valence-corrected chi connectivity index (χ1v) is 7.00. The van der Waals surface area contributed by atoms with E-state index in [9.17, 15) is 18.4 Å². The van der Waals surface area contributed by atoms with Gasteiger partial charge >= 0.3 is 0 Å². The van der Waals surface area contributed by atoms with Crippen LogP contribution in [0.1, 0.15) is 49.4 Å². The van der Waals surface area contributed by atoms with Crippen LogP contribution < -0.4 is 11.1 Å². The van der Waals surface area contributed by atoms with Gasteiger partial charge in [-0.2, -0.15) is 0 Å². The van der Waals surface area contributed by atoms with Gasteiger partial charge < -0.3 is 11.1 Å². The largest absolute Gasteiger partial charge is 0.368 e. The van der Waals surface area contributed by atoms with Crippen LogP contribution in [0.3, 0.4) is 0 Å². The van der Waals surface area contributed by atoms with Gasteiger partial charge in [0.25, 0.3) is 5.91 Å². The Morgan fingerprint density at radius 2 is 1.76 bits per heavy atom. The van der Waals surface area contributed by atoms with Crippen LogP contribution >= 0.6 is 0 Å². The minimum Gasteiger partial charge on any atom is -0.368 e. The van der Waals surface area contributed by atoms with Gasteiger partial charge in [-0.1, -0.05) is 32.6 Å². The Hall–Kier alpha value is -1.98. The van der Waals surface area contributed by atoms with Crippen molar-refractivity contribution in [3.63, 3.8) is 0 Å². The fourth-order valence-corrected chi connectivity index (χ4v) is 1.99. The highest BCUT2D eigenvalue weighted by molar-refractivity contribution is 5.97. The number of unbranched alkanes of at least 4 members (excludes halogenated alkanes) is 3. The van der Waals surface area contributed by atoms with E-state index in [-0.39, 0.29) is 5.56 Å². The van der Waals surface area contributed by atoms with Crippen LogP contribution in [0.4, 0.5) is 8.78 Å². The molecule has 3 N–H and O–H groups in total. The Kier molecular flexibility index (Phi) is 6.78. The van der Waals surface area contributed by atoms with E-state index < -0.39 is 29.5 Å². The lowest BCUT2D eigenvalue weighted by atomic mass is 10.1. The van der Waals surface area contributed by atoms with E-state index in [0.29, 0.717) is 12.5 Å². The maximum absolute atomic E-state index is 13.1. The second-order valence-corrected chi connectivity index (χ2v) is 4.94. The molecule has 0 radical (unpaired) electrons. The van der Waals surface area contributed by atoms with E-state index in [2.05, 4.69) is 12.2 Å². The van der Waals surface area contributed by atoms with Crippen LogP contribution in [0.25, 0.3) is 0 Å². The zero-order valence-electron chi connectivity index (χ0n) is 12.0. The quantitative estimate of drug-likeness (QED) is 0.724. The lowest BCUT2D eigenvalue weighted by molar-refractivity contribution is -0.120. The number of carbonyl (C=O) groups excluding carboxylic acids is 2. The van der Waals surface area contributed by atoms with Crippen LogP contribution in [-0.2, 0) is 4.79 Å². The molecule has 0 aliphatic rings. The Balaban J connectivity index is 2.65. The fraction of sp³-hybridized carbons (Fsp3) is 0.467. The summed E-state index contributed by atoms with van der Waals surface area (Å²) in [5.41, 5.74) is 5.06. The molecule has 0 bridgehead atoms. The maximum Gasteiger partial charge on any atom is 0.252 e. The zero-order valence-corrected chi connectivity index (χ0v) is 12.0. The zero-order chi connectivity index (χ0) is 15.8. The van der Waals surface area contributed by atoms with E-state index in [0.717, 1.165) is 37.8 Å². The molecule has 2 amide bonds. The number of benzene rings is 1. The van der Waals surface area contributed by atoms with E-state index in [1.165, 1.54) is 0 Å². The molecular weight excluding hydrogens is 278 g/mol. The van der Waals surface area contributed by atoms with Gasteiger partial charge in [-0.25, -0.2) is 8.78 Å². The fourth-order valence-electron chi connectivity index (χ4n) is 1.99. The third-order valence-corrected chi connectivity index (χ3v) is 3.12. The van der Waals surface area contributed by atoms with Crippen molar-refractivity contribution in [1.82, 2.24) is 5.32 Å². The second kappa shape index (κ2) is 8.34. The number of nitrogens with two attached hydrogens (primary N) is 1. The van der Waals surface area contributed by atoms with Gasteiger partial charge in [-0.05, 0) is 18.6 Å². The van der Waals surface area contributed by atoms with Gasteiger partial charge in [0.15, 0.2) is 0 Å². The van der Waals surface area contributed by atoms with E-state index in [1.807, 2.05) is 0 Å². The van der Waals surface area contributed by atoms with Gasteiger partial charge in [0.2, 0.25) is 5.91 Å². The highest BCUT2D eigenvalue weighted by Crippen LogP contribution is 2.10. The molecule has 6 heteroatoms. The summed E-state index contributed by atoms with van der Waals surface area (Å²) < 4.78 is 26.1. The molecule has 0 aliphatic carbocycles. The van der Waals surface area contributed by atoms with Gasteiger partial charge in [0, 0.05) is 11.6 Å². The van der Waals surface area contributed by atoms with Crippen molar-refractivity contribution in [2.45, 2.75) is 45.1 Å². The minimum absolute atomic E-state index is 0.174. The van der Waals surface area contributed by atoms with Crippen molar-refractivity contribution in [1.29, 1.82) is 0 Å². The summed E-state index contributed by atoms with van der Waals surface area (Å²) in [6.07, 6.45) is 4.19. The average Bonchev–Trinajstić information content (AvgIpc) is 2.40. The molecule has 0 saturated carbocycles. The third kappa shape index (κ3) is 5.89. The van der Waals surface area contributed by atoms with Crippen molar-refractivity contribution in [3.05, 3.63) is 35.4 Å². The number of nitrogens with one attached hydrogen (secondary N) is 1. The SMILES string of the molecule is CCCCCC[C@H](NC(=O)c1cc(F)cc(F)c1)C(N)=O. The molecule has 21 heavy (non-hydrogen) atoms. The number of primary amides is 1. The maximum atomic E-state index is 13.1. The molecule has 116 valence electrons. The first kappa shape index (κ1) is 17.1. The first-order valence-electron chi connectivity index (χ1n) is 7.00. The average molecular weight is 298 g/mol. The van der Waals surface area contributed by atoms with Crippen LogP contribution in [-0.4, -0.2) is 17.9 Å². The molecule has 0 heterocycles. The standard InChI is InChI=1S/C15H20F2N2O2/c1-2-3-4-5-6-13(14(18)20)19-15(21)10-7-11(16)9-12(17)8-10/h7-9,13H,2-6H2,1H3,(H2,18,20)(H,19,21)/t13-/m0/s1. The monoisotopic (exact) mass is 298 g/mol. The van der Waals surface area contributed by atoms with Crippen LogP contribution in [0.5, 0.6) is 0 Å². The van der Waals surface area contributed by atoms with Gasteiger partial charge in [-0.15, -0.1) is 0 Å². The molecule has 1 rings (SSSR count). The number of carbonyl (C=O) groups is 2. The first-order chi connectivity index (χ1) is 9.93. The van der Waals surface area contributed by atoms with E-state index >= 15 is 0 Å². The number of amides is 2. The lowest BCUT2D eigenvalue weighted by Gasteiger charge is -2.15. The summed E-state index contributed by atoms with van der Waals surface area (Å²) in [7, 11) is 0. The summed E-state index contributed by atoms with van der Waals surface area (Å²) in [6.45, 7) is 2.06. The van der Waals surface area contributed by atoms with E-state index in [1.54, 1.807) is 0 Å². The van der Waals surface area contributed by atoms with Crippen molar-refractivity contribution in [2.75, 3.05) is 0 Å². The smallest absolute Gasteiger partial charge is 0.252 e. The molecule has 1 aromatic rings. The molecule has 0 fully saturated rings. The van der Waals surface area contributed by atoms with E-state index in [4.69, 9.17) is 5.73 Å². The number of rotatable bonds is 8. The van der Waals surface area contributed by atoms with Crippen molar-refractivity contribution in [3.8, 4) is 0 Å². The predicted octanol–water partition coefficient (Wildman–Crippen LogP) is 2.52. The highest BCUT2D eigenvalue weighted by Gasteiger charge is 2.19. The van der Waals surface area contributed by atoms with Crippen LogP contribution in [0, 0.1) is 11.6 Å². The second-order valence-electron chi connectivity index (χ2n) is 4.94. The highest BCUT2D eigenvalue weighted by atomic mass is 19.1. The number of hydrogen-bond donors (Lipinski definition) is 2. The topological polar surface area (TPSA) is 72.2 Å². The van der Waals surface area contributed by atoms with Crippen LogP contribution in [0.2, 0.25) is 0 Å². The Morgan fingerprint density at radius 1 is 1.14 bits per heavy atom. The van der Waals surface area contributed by atoms with Crippen LogP contribution in [0.15, 0.2) is 18.2 Å². The summed E-state index contributed by atoms with van der Waals surface area (Å²) in [6, 6.07) is 1.66. The molecule has 1 atom stereocenters. The Bertz CT molecular complexity index is 486. The van der Waals surface area contributed by atoms with Crippen molar-refractivity contribution in [2.24, 2.45) is 5.73 Å². The van der Waals surface area contributed by atoms with Crippen molar-refractivity contribution >= 4 is 11.8 Å². The lowest BCUT2D eigenvalue weighted by Crippen LogP contribution is -2.44. The summed E-state index contributed by atoms with van der Waals surface area (Å²) in [5, 5.41) is 2.42. The van der Waals surface area contributed by atoms with Gasteiger partial charge in [0.1, 0.15) is 17.7 Å². The minimum atomic E-state index is -0.848. The Labute approximate surface area is 122 Å². The molecular formula is C15H20F2N2O2. The van der Waals surface area contributed by atoms with Gasteiger partial charge in [-0.3, -0.25) is 9.59 Å². The molecule has 0 unspecified atom stereocenters. The third-order valence-electron chi connectivity index (χ3n) is 3.12. The number of hydrogen-bond acceptors (Lipinski definition) is 2. The summed E-state index contributed by atoms with van der Waals surface area (Å²) in [4.78, 5) is 23.2. The Morgan fingerprint density at radius 3 is 2.29 bits per heavy atom. The summed E-state index contributed by atoms with van der Waals surface area (Å²) >= 11 is 0.